The van der Waals surface area contributed by atoms with Crippen LogP contribution < -0.4 is 5.32 Å². The van der Waals surface area contributed by atoms with Crippen LogP contribution in [-0.4, -0.2) is 23.0 Å². The molecule has 106 valence electrons. The molecule has 2 N–H and O–H groups in total. The molecular weight excluding hydrogens is 254 g/mol. The average Bonchev–Trinajstić information content (AvgIpc) is 3.05. The van der Waals surface area contributed by atoms with E-state index in [0.717, 1.165) is 30.2 Å². The summed E-state index contributed by atoms with van der Waals surface area (Å²) in [6, 6.07) is 8.57. The monoisotopic (exact) mass is 273 g/mol. The number of carboxylic acids is 1. The summed E-state index contributed by atoms with van der Waals surface area (Å²) in [5.74, 6) is 0.425. The van der Waals surface area contributed by atoms with Crippen LogP contribution in [0.2, 0.25) is 0 Å². The Morgan fingerprint density at radius 2 is 1.80 bits per heavy atom. The van der Waals surface area contributed by atoms with E-state index in [9.17, 15) is 14.7 Å². The van der Waals surface area contributed by atoms with Crippen LogP contribution in [0.1, 0.15) is 24.8 Å². The van der Waals surface area contributed by atoms with Crippen molar-refractivity contribution in [2.75, 3.05) is 0 Å². The lowest BCUT2D eigenvalue weighted by Gasteiger charge is -2.18. The van der Waals surface area contributed by atoms with Crippen molar-refractivity contribution in [2.45, 2.75) is 31.7 Å². The molecule has 0 bridgehead atoms. The summed E-state index contributed by atoms with van der Waals surface area (Å²) in [6.07, 6.45) is 3.47. The normalized spacial score (nSPS) is 28.5. The van der Waals surface area contributed by atoms with Crippen molar-refractivity contribution in [3.8, 4) is 0 Å². The molecule has 20 heavy (non-hydrogen) atoms. The molecule has 2 unspecified atom stereocenters. The summed E-state index contributed by atoms with van der Waals surface area (Å²) >= 11 is 0. The molecule has 3 atom stereocenters. The van der Waals surface area contributed by atoms with Gasteiger partial charge in [-0.25, -0.2) is 4.79 Å². The number of benzene rings is 1. The van der Waals surface area contributed by atoms with Crippen LogP contribution >= 0.6 is 0 Å². The van der Waals surface area contributed by atoms with Crippen molar-refractivity contribution >= 4 is 11.9 Å². The van der Waals surface area contributed by atoms with E-state index >= 15 is 0 Å². The Labute approximate surface area is 118 Å². The number of carbonyl (C=O) groups is 2. The number of hydrogen-bond acceptors (Lipinski definition) is 2. The minimum absolute atomic E-state index is 0.0244. The first kappa shape index (κ1) is 13.2. The van der Waals surface area contributed by atoms with Gasteiger partial charge in [-0.3, -0.25) is 4.79 Å². The molecule has 0 radical (unpaired) electrons. The molecule has 2 aliphatic rings. The van der Waals surface area contributed by atoms with Crippen LogP contribution in [0, 0.1) is 17.8 Å². The number of carboxylic acid groups (broad SMARTS) is 1. The quantitative estimate of drug-likeness (QED) is 0.860. The first-order chi connectivity index (χ1) is 9.63. The smallest absolute Gasteiger partial charge is 0.326 e. The van der Waals surface area contributed by atoms with Crippen molar-refractivity contribution in [3.63, 3.8) is 0 Å². The molecule has 2 fully saturated rings. The van der Waals surface area contributed by atoms with Crippen LogP contribution in [0.25, 0.3) is 0 Å². The molecule has 1 aromatic carbocycles. The zero-order valence-electron chi connectivity index (χ0n) is 11.3. The molecule has 0 aliphatic heterocycles. The predicted molar refractivity (Wildman–Crippen MR) is 74.0 cm³/mol. The fourth-order valence-electron chi connectivity index (χ4n) is 3.27. The molecular formula is C16H19NO3. The van der Waals surface area contributed by atoms with E-state index in [0.29, 0.717) is 6.42 Å². The minimum atomic E-state index is -0.967. The number of aliphatic carboxylic acids is 1. The van der Waals surface area contributed by atoms with E-state index in [1.165, 1.54) is 6.42 Å². The molecule has 1 aromatic rings. The second-order valence-electron chi connectivity index (χ2n) is 6.01. The van der Waals surface area contributed by atoms with E-state index in [-0.39, 0.29) is 11.8 Å². The number of rotatable bonds is 5. The van der Waals surface area contributed by atoms with E-state index in [2.05, 4.69) is 5.32 Å². The summed E-state index contributed by atoms with van der Waals surface area (Å²) in [4.78, 5) is 23.5. The highest BCUT2D eigenvalue weighted by Gasteiger charge is 2.48. The minimum Gasteiger partial charge on any atom is -0.480 e. The van der Waals surface area contributed by atoms with Gasteiger partial charge in [0.1, 0.15) is 6.04 Å². The summed E-state index contributed by atoms with van der Waals surface area (Å²) in [5.41, 5.74) is 0.925. The highest BCUT2D eigenvalue weighted by molar-refractivity contribution is 5.85. The van der Waals surface area contributed by atoms with Gasteiger partial charge in [0.15, 0.2) is 0 Å². The lowest BCUT2D eigenvalue weighted by atomic mass is 10.0. The van der Waals surface area contributed by atoms with Crippen LogP contribution in [0.5, 0.6) is 0 Å². The molecule has 2 aliphatic carbocycles. The second kappa shape index (κ2) is 5.27. The van der Waals surface area contributed by atoms with Gasteiger partial charge in [0.25, 0.3) is 0 Å². The van der Waals surface area contributed by atoms with Crippen LogP contribution in [0.4, 0.5) is 0 Å². The topological polar surface area (TPSA) is 66.4 Å². The lowest BCUT2D eigenvalue weighted by Crippen LogP contribution is -2.44. The van der Waals surface area contributed by atoms with Gasteiger partial charge in [-0.15, -0.1) is 0 Å². The number of carbonyl (C=O) groups excluding carboxylic acids is 1. The molecule has 4 heteroatoms. The van der Waals surface area contributed by atoms with Gasteiger partial charge in [-0.1, -0.05) is 30.3 Å². The summed E-state index contributed by atoms with van der Waals surface area (Å²) in [7, 11) is 0. The predicted octanol–water partition coefficient (Wildman–Crippen LogP) is 1.84. The summed E-state index contributed by atoms with van der Waals surface area (Å²) < 4.78 is 0. The zero-order chi connectivity index (χ0) is 14.1. The average molecular weight is 273 g/mol. The van der Waals surface area contributed by atoms with Crippen LogP contribution in [0.15, 0.2) is 30.3 Å². The first-order valence-corrected chi connectivity index (χ1v) is 7.20. The Morgan fingerprint density at radius 3 is 2.40 bits per heavy atom. The Balaban J connectivity index is 1.59. The Hall–Kier alpha value is -1.84. The largest absolute Gasteiger partial charge is 0.480 e. The Kier molecular flexibility index (Phi) is 3.47. The van der Waals surface area contributed by atoms with Gasteiger partial charge in [-0.05, 0) is 36.7 Å². The van der Waals surface area contributed by atoms with Crippen LogP contribution in [-0.2, 0) is 16.0 Å². The number of hydrogen-bond donors (Lipinski definition) is 2. The third-order valence-corrected chi connectivity index (χ3v) is 4.51. The maximum absolute atomic E-state index is 12.1. The van der Waals surface area contributed by atoms with Gasteiger partial charge in [-0.2, -0.15) is 0 Å². The van der Waals surface area contributed by atoms with E-state index in [1.807, 2.05) is 30.3 Å². The van der Waals surface area contributed by atoms with Crippen molar-refractivity contribution in [1.29, 1.82) is 0 Å². The summed E-state index contributed by atoms with van der Waals surface area (Å²) in [5, 5.41) is 12.0. The molecule has 3 rings (SSSR count). The lowest BCUT2D eigenvalue weighted by molar-refractivity contribution is -0.142. The maximum atomic E-state index is 12.1. The standard InChI is InChI=1S/C16H19NO3/c18-15(13-8-11-7-12(11)9-13)17-14(16(19)20)6-10-4-2-1-3-5-10/h1-5,11-14H,6-9H2,(H,17,18)(H,19,20)/t11?,12?,13?,14-/m0/s1. The highest BCUT2D eigenvalue weighted by Crippen LogP contribution is 2.54. The van der Waals surface area contributed by atoms with Crippen molar-refractivity contribution in [1.82, 2.24) is 5.32 Å². The Morgan fingerprint density at radius 1 is 1.15 bits per heavy atom. The molecule has 0 saturated heterocycles. The number of fused-ring (bicyclic) bond motifs is 1. The number of amides is 1. The molecule has 0 spiro atoms. The van der Waals surface area contributed by atoms with Gasteiger partial charge in [0, 0.05) is 12.3 Å². The molecule has 1 amide bonds. The molecule has 4 nitrogen and oxygen atoms in total. The van der Waals surface area contributed by atoms with Gasteiger partial charge in [0.05, 0.1) is 0 Å². The van der Waals surface area contributed by atoms with Gasteiger partial charge in [0.2, 0.25) is 5.91 Å². The fraction of sp³-hybridized carbons (Fsp3) is 0.500. The molecule has 0 aromatic heterocycles. The first-order valence-electron chi connectivity index (χ1n) is 7.20. The van der Waals surface area contributed by atoms with Gasteiger partial charge >= 0.3 is 5.97 Å². The van der Waals surface area contributed by atoms with Crippen molar-refractivity contribution in [2.24, 2.45) is 17.8 Å². The van der Waals surface area contributed by atoms with E-state index in [1.54, 1.807) is 0 Å². The van der Waals surface area contributed by atoms with Crippen molar-refractivity contribution < 1.29 is 14.7 Å². The SMILES string of the molecule is O=C(N[C@@H](Cc1ccccc1)C(=O)O)C1CC2CC2C1. The summed E-state index contributed by atoms with van der Waals surface area (Å²) in [6.45, 7) is 0. The Bertz CT molecular complexity index is 504. The van der Waals surface area contributed by atoms with E-state index < -0.39 is 12.0 Å². The third-order valence-electron chi connectivity index (χ3n) is 4.51. The second-order valence-corrected chi connectivity index (χ2v) is 6.01. The van der Waals surface area contributed by atoms with Crippen molar-refractivity contribution in [3.05, 3.63) is 35.9 Å². The maximum Gasteiger partial charge on any atom is 0.326 e. The van der Waals surface area contributed by atoms with Gasteiger partial charge < -0.3 is 10.4 Å². The fourth-order valence-corrected chi connectivity index (χ4v) is 3.27. The van der Waals surface area contributed by atoms with E-state index in [4.69, 9.17) is 0 Å². The van der Waals surface area contributed by atoms with Crippen LogP contribution in [0.3, 0.4) is 0 Å². The molecule has 2 saturated carbocycles. The third kappa shape index (κ3) is 2.84. The zero-order valence-corrected chi connectivity index (χ0v) is 11.3. The highest BCUT2D eigenvalue weighted by atomic mass is 16.4. The molecule has 0 heterocycles. The number of nitrogens with one attached hydrogen (secondary N) is 1.